The zero-order valence-corrected chi connectivity index (χ0v) is 16.2. The molecule has 1 aromatic carbocycles. The number of aromatic nitrogens is 4. The van der Waals surface area contributed by atoms with Gasteiger partial charge in [0.05, 0.1) is 16.5 Å². The fourth-order valence-corrected chi connectivity index (χ4v) is 3.65. The summed E-state index contributed by atoms with van der Waals surface area (Å²) in [5.41, 5.74) is 1.58. The molecule has 4 rings (SSSR count). The van der Waals surface area contributed by atoms with Crippen LogP contribution in [0, 0.1) is 0 Å². The first-order valence-corrected chi connectivity index (χ1v) is 9.42. The topological polar surface area (TPSA) is 66.6 Å². The van der Waals surface area contributed by atoms with Crippen LogP contribution in [0.4, 0.5) is 5.82 Å². The van der Waals surface area contributed by atoms with Crippen molar-refractivity contribution < 1.29 is 4.79 Å². The molecular weight excluding hydrogens is 387 g/mol. The average Bonchev–Trinajstić information content (AvgIpc) is 3.12. The van der Waals surface area contributed by atoms with Crippen LogP contribution < -0.4 is 4.90 Å². The molecule has 3 aromatic rings. The molecule has 1 unspecified atom stereocenters. The van der Waals surface area contributed by atoms with E-state index < -0.39 is 0 Å². The molecule has 1 saturated heterocycles. The van der Waals surface area contributed by atoms with E-state index in [4.69, 9.17) is 23.2 Å². The lowest BCUT2D eigenvalue weighted by molar-refractivity contribution is -0.131. The van der Waals surface area contributed by atoms with Crippen LogP contribution in [0.1, 0.15) is 12.5 Å². The fraction of sp³-hybridized carbons (Fsp3) is 0.333. The summed E-state index contributed by atoms with van der Waals surface area (Å²) in [6, 6.07) is 9.29. The highest BCUT2D eigenvalue weighted by Gasteiger charge is 2.27. The number of amides is 1. The van der Waals surface area contributed by atoms with Crippen LogP contribution in [0.15, 0.2) is 36.7 Å². The van der Waals surface area contributed by atoms with Gasteiger partial charge >= 0.3 is 0 Å². The predicted octanol–water partition coefficient (Wildman–Crippen LogP) is 2.71. The minimum atomic E-state index is 0.0853. The predicted molar refractivity (Wildman–Crippen MR) is 104 cm³/mol. The molecule has 1 atom stereocenters. The molecule has 0 radical (unpaired) electrons. The van der Waals surface area contributed by atoms with Gasteiger partial charge in [-0.25, -0.2) is 0 Å². The molecule has 0 bridgehead atoms. The zero-order valence-electron chi connectivity index (χ0n) is 14.7. The van der Waals surface area contributed by atoms with E-state index in [9.17, 15) is 4.79 Å². The number of hydrogen-bond donors (Lipinski definition) is 0. The van der Waals surface area contributed by atoms with Gasteiger partial charge in [-0.3, -0.25) is 4.79 Å². The number of carbonyl (C=O) groups excluding carboxylic acids is 1. The number of rotatable bonds is 3. The summed E-state index contributed by atoms with van der Waals surface area (Å²) in [4.78, 5) is 16.8. The van der Waals surface area contributed by atoms with E-state index in [0.29, 0.717) is 35.2 Å². The molecule has 1 aliphatic rings. The van der Waals surface area contributed by atoms with Crippen LogP contribution in [-0.2, 0) is 11.2 Å². The maximum Gasteiger partial charge on any atom is 0.227 e. The Kier molecular flexibility index (Phi) is 4.88. The van der Waals surface area contributed by atoms with Gasteiger partial charge in [-0.2, -0.15) is 4.52 Å². The third-order valence-electron chi connectivity index (χ3n) is 4.76. The van der Waals surface area contributed by atoms with Gasteiger partial charge in [0.15, 0.2) is 5.65 Å². The number of anilines is 1. The van der Waals surface area contributed by atoms with E-state index in [-0.39, 0.29) is 11.9 Å². The second-order valence-electron chi connectivity index (χ2n) is 6.63. The SMILES string of the molecule is CC1CN(C(=O)Cc2ccc(Cl)c(Cl)c2)CCN1c1ccc2nncn2n1. The highest BCUT2D eigenvalue weighted by Crippen LogP contribution is 2.24. The lowest BCUT2D eigenvalue weighted by atomic mass is 10.1. The largest absolute Gasteiger partial charge is 0.349 e. The molecule has 0 aliphatic carbocycles. The molecule has 7 nitrogen and oxygen atoms in total. The summed E-state index contributed by atoms with van der Waals surface area (Å²) < 4.78 is 1.66. The van der Waals surface area contributed by atoms with Crippen LogP contribution >= 0.6 is 23.2 Å². The molecule has 2 aromatic heterocycles. The second-order valence-corrected chi connectivity index (χ2v) is 7.45. The first kappa shape index (κ1) is 18.0. The maximum atomic E-state index is 12.7. The van der Waals surface area contributed by atoms with Gasteiger partial charge in [-0.15, -0.1) is 15.3 Å². The third kappa shape index (κ3) is 3.70. The Balaban J connectivity index is 1.42. The van der Waals surface area contributed by atoms with Gasteiger partial charge in [0.2, 0.25) is 5.91 Å². The fourth-order valence-electron chi connectivity index (χ4n) is 3.33. The molecule has 1 aliphatic heterocycles. The van der Waals surface area contributed by atoms with Crippen LogP contribution in [-0.4, -0.2) is 56.3 Å². The number of hydrogen-bond acceptors (Lipinski definition) is 5. The van der Waals surface area contributed by atoms with Crippen LogP contribution in [0.5, 0.6) is 0 Å². The number of halogens is 2. The van der Waals surface area contributed by atoms with Crippen molar-refractivity contribution in [3.63, 3.8) is 0 Å². The van der Waals surface area contributed by atoms with Gasteiger partial charge in [0.25, 0.3) is 0 Å². The van der Waals surface area contributed by atoms with Crippen molar-refractivity contribution in [2.45, 2.75) is 19.4 Å². The Morgan fingerprint density at radius 3 is 2.81 bits per heavy atom. The van der Waals surface area contributed by atoms with Crippen molar-refractivity contribution in [3.05, 3.63) is 52.3 Å². The Morgan fingerprint density at radius 2 is 2.04 bits per heavy atom. The highest BCUT2D eigenvalue weighted by molar-refractivity contribution is 6.42. The number of piperazine rings is 1. The molecule has 0 spiro atoms. The Bertz CT molecular complexity index is 991. The molecule has 9 heteroatoms. The van der Waals surface area contributed by atoms with Crippen LogP contribution in [0.2, 0.25) is 10.0 Å². The first-order valence-electron chi connectivity index (χ1n) is 8.66. The van der Waals surface area contributed by atoms with E-state index in [0.717, 1.165) is 17.9 Å². The van der Waals surface area contributed by atoms with Gasteiger partial charge in [0, 0.05) is 25.7 Å². The standard InChI is InChI=1S/C18H18Cl2N6O/c1-12-10-24(18(27)9-13-2-3-14(19)15(20)8-13)6-7-25(12)17-5-4-16-22-21-11-26(16)23-17/h2-5,8,11-12H,6-7,9-10H2,1H3. The molecule has 0 N–H and O–H groups in total. The number of fused-ring (bicyclic) bond motifs is 1. The number of carbonyl (C=O) groups is 1. The summed E-state index contributed by atoms with van der Waals surface area (Å²) in [7, 11) is 0. The van der Waals surface area contributed by atoms with Crippen molar-refractivity contribution in [3.8, 4) is 0 Å². The molecule has 27 heavy (non-hydrogen) atoms. The van der Waals surface area contributed by atoms with Crippen molar-refractivity contribution >= 4 is 40.6 Å². The van der Waals surface area contributed by atoms with Gasteiger partial charge < -0.3 is 9.80 Å². The second kappa shape index (κ2) is 7.32. The molecule has 0 saturated carbocycles. The maximum absolute atomic E-state index is 12.7. The summed E-state index contributed by atoms with van der Waals surface area (Å²) in [6.45, 7) is 4.10. The smallest absolute Gasteiger partial charge is 0.227 e. The van der Waals surface area contributed by atoms with E-state index in [1.807, 2.05) is 23.1 Å². The van der Waals surface area contributed by atoms with E-state index >= 15 is 0 Å². The third-order valence-corrected chi connectivity index (χ3v) is 5.50. The van der Waals surface area contributed by atoms with Crippen molar-refractivity contribution in [1.82, 2.24) is 24.7 Å². The normalized spacial score (nSPS) is 17.5. The van der Waals surface area contributed by atoms with Crippen molar-refractivity contribution in [1.29, 1.82) is 0 Å². The lowest BCUT2D eigenvalue weighted by Crippen LogP contribution is -2.54. The number of nitrogens with zero attached hydrogens (tertiary/aromatic N) is 6. The Hall–Kier alpha value is -2.38. The van der Waals surface area contributed by atoms with Crippen LogP contribution in [0.3, 0.4) is 0 Å². The summed E-state index contributed by atoms with van der Waals surface area (Å²) >= 11 is 12.0. The highest BCUT2D eigenvalue weighted by atomic mass is 35.5. The molecule has 3 heterocycles. The molecule has 140 valence electrons. The van der Waals surface area contributed by atoms with Gasteiger partial charge in [-0.05, 0) is 36.8 Å². The summed E-state index contributed by atoms with van der Waals surface area (Å²) in [6.07, 6.45) is 1.90. The Morgan fingerprint density at radius 1 is 1.19 bits per heavy atom. The van der Waals surface area contributed by atoms with Gasteiger partial charge in [-0.1, -0.05) is 29.3 Å². The Labute approximate surface area is 166 Å². The van der Waals surface area contributed by atoms with E-state index in [1.165, 1.54) is 0 Å². The average molecular weight is 405 g/mol. The minimum absolute atomic E-state index is 0.0853. The quantitative estimate of drug-likeness (QED) is 0.671. The molecule has 1 amide bonds. The van der Waals surface area contributed by atoms with Crippen molar-refractivity contribution in [2.24, 2.45) is 0 Å². The minimum Gasteiger partial charge on any atom is -0.349 e. The zero-order chi connectivity index (χ0) is 19.0. The number of benzene rings is 1. The lowest BCUT2D eigenvalue weighted by Gasteiger charge is -2.40. The van der Waals surface area contributed by atoms with E-state index in [2.05, 4.69) is 27.1 Å². The first-order chi connectivity index (χ1) is 13.0. The van der Waals surface area contributed by atoms with Crippen molar-refractivity contribution in [2.75, 3.05) is 24.5 Å². The van der Waals surface area contributed by atoms with Crippen LogP contribution in [0.25, 0.3) is 5.65 Å². The summed E-state index contributed by atoms with van der Waals surface area (Å²) in [5, 5.41) is 13.3. The molecule has 1 fully saturated rings. The summed E-state index contributed by atoms with van der Waals surface area (Å²) in [5.74, 6) is 0.938. The van der Waals surface area contributed by atoms with E-state index in [1.54, 1.807) is 23.0 Å². The van der Waals surface area contributed by atoms with Gasteiger partial charge in [0.1, 0.15) is 12.1 Å². The molecular formula is C18H18Cl2N6O. The monoisotopic (exact) mass is 404 g/mol.